The van der Waals surface area contributed by atoms with Crippen LogP contribution in [-0.4, -0.2) is 11.5 Å². The molecule has 2 aliphatic carbocycles. The minimum atomic E-state index is -0.345. The van der Waals surface area contributed by atoms with Crippen LogP contribution in [0.5, 0.6) is 5.75 Å². The summed E-state index contributed by atoms with van der Waals surface area (Å²) in [5.41, 5.74) is 2.68. The first kappa shape index (κ1) is 10.1. The maximum atomic E-state index is 10.9. The van der Waals surface area contributed by atoms with Crippen molar-refractivity contribution in [1.82, 2.24) is 0 Å². The molecule has 1 aromatic carbocycles. The standard InChI is InChI=1S/C14H13NO3/c1-14-6-8(14)4-10-11-5-9(15(16)17)2-3-13(11)18-7-12(10)14/h2-5,8,12H,6-7H2,1H3/t8-,12+,14+/m1/s1. The fourth-order valence-electron chi connectivity index (χ4n) is 3.47. The second-order valence-corrected chi connectivity index (χ2v) is 5.74. The predicted octanol–water partition coefficient (Wildman–Crippen LogP) is 3.03. The Morgan fingerprint density at radius 1 is 1.50 bits per heavy atom. The van der Waals surface area contributed by atoms with Crippen molar-refractivity contribution in [1.29, 1.82) is 0 Å². The van der Waals surface area contributed by atoms with Gasteiger partial charge < -0.3 is 4.74 Å². The zero-order valence-electron chi connectivity index (χ0n) is 10.1. The zero-order valence-corrected chi connectivity index (χ0v) is 10.1. The van der Waals surface area contributed by atoms with Gasteiger partial charge in [0.15, 0.2) is 0 Å². The Kier molecular flexibility index (Phi) is 1.65. The fourth-order valence-corrected chi connectivity index (χ4v) is 3.47. The molecular formula is C14H13NO3. The van der Waals surface area contributed by atoms with E-state index in [4.69, 9.17) is 4.74 Å². The first-order chi connectivity index (χ1) is 8.59. The summed E-state index contributed by atoms with van der Waals surface area (Å²) >= 11 is 0. The topological polar surface area (TPSA) is 52.4 Å². The summed E-state index contributed by atoms with van der Waals surface area (Å²) in [6.07, 6.45) is 3.53. The van der Waals surface area contributed by atoms with Gasteiger partial charge in [-0.1, -0.05) is 13.0 Å². The van der Waals surface area contributed by atoms with Crippen molar-refractivity contribution in [3.8, 4) is 5.75 Å². The molecule has 4 heteroatoms. The predicted molar refractivity (Wildman–Crippen MR) is 66.3 cm³/mol. The highest BCUT2D eigenvalue weighted by molar-refractivity contribution is 5.79. The van der Waals surface area contributed by atoms with Gasteiger partial charge in [-0.3, -0.25) is 10.1 Å². The Morgan fingerprint density at radius 3 is 3.11 bits per heavy atom. The van der Waals surface area contributed by atoms with Crippen molar-refractivity contribution >= 4 is 11.3 Å². The fraction of sp³-hybridized carbons (Fsp3) is 0.429. The highest BCUT2D eigenvalue weighted by Gasteiger charge is 2.60. The molecule has 1 heterocycles. The molecule has 0 N–H and O–H groups in total. The molecule has 92 valence electrons. The number of non-ortho nitro benzene ring substituents is 1. The number of hydrogen-bond acceptors (Lipinski definition) is 3. The van der Waals surface area contributed by atoms with Crippen LogP contribution in [0.3, 0.4) is 0 Å². The van der Waals surface area contributed by atoms with Gasteiger partial charge in [0.2, 0.25) is 0 Å². The molecule has 0 saturated heterocycles. The van der Waals surface area contributed by atoms with E-state index in [-0.39, 0.29) is 10.6 Å². The Hall–Kier alpha value is -1.84. The molecule has 0 radical (unpaired) electrons. The molecule has 0 amide bonds. The van der Waals surface area contributed by atoms with E-state index in [1.807, 2.05) is 0 Å². The monoisotopic (exact) mass is 243 g/mol. The van der Waals surface area contributed by atoms with E-state index in [2.05, 4.69) is 13.0 Å². The van der Waals surface area contributed by atoms with Gasteiger partial charge in [-0.15, -0.1) is 0 Å². The van der Waals surface area contributed by atoms with Gasteiger partial charge in [0, 0.05) is 23.6 Å². The average Bonchev–Trinajstić information content (AvgIpc) is 2.92. The second-order valence-electron chi connectivity index (χ2n) is 5.74. The molecule has 1 fully saturated rings. The molecule has 4 rings (SSSR count). The van der Waals surface area contributed by atoms with E-state index in [9.17, 15) is 10.1 Å². The van der Waals surface area contributed by atoms with Crippen LogP contribution in [0, 0.1) is 27.4 Å². The van der Waals surface area contributed by atoms with Gasteiger partial charge in [-0.25, -0.2) is 0 Å². The highest BCUT2D eigenvalue weighted by Crippen LogP contribution is 2.68. The quantitative estimate of drug-likeness (QED) is 0.562. The zero-order chi connectivity index (χ0) is 12.5. The first-order valence-electron chi connectivity index (χ1n) is 6.23. The normalized spacial score (nSPS) is 34.8. The van der Waals surface area contributed by atoms with Crippen LogP contribution in [0.2, 0.25) is 0 Å². The Bertz CT molecular complexity index is 607. The third-order valence-electron chi connectivity index (χ3n) is 4.79. The number of hydrogen-bond donors (Lipinski definition) is 0. The largest absolute Gasteiger partial charge is 0.492 e. The van der Waals surface area contributed by atoms with E-state index in [1.54, 1.807) is 12.1 Å². The number of nitro groups is 1. The third kappa shape index (κ3) is 1.10. The molecule has 1 saturated carbocycles. The lowest BCUT2D eigenvalue weighted by molar-refractivity contribution is -0.384. The van der Waals surface area contributed by atoms with Gasteiger partial charge in [-0.2, -0.15) is 0 Å². The Labute approximate surface area is 104 Å². The van der Waals surface area contributed by atoms with Gasteiger partial charge in [0.1, 0.15) is 5.75 Å². The molecule has 3 aliphatic rings. The van der Waals surface area contributed by atoms with Crippen molar-refractivity contribution in [2.45, 2.75) is 13.3 Å². The maximum Gasteiger partial charge on any atom is 0.270 e. The van der Waals surface area contributed by atoms with Crippen molar-refractivity contribution in [3.05, 3.63) is 40.0 Å². The molecule has 0 unspecified atom stereocenters. The summed E-state index contributed by atoms with van der Waals surface area (Å²) in [4.78, 5) is 10.5. The van der Waals surface area contributed by atoms with Gasteiger partial charge in [0.05, 0.1) is 11.5 Å². The Morgan fingerprint density at radius 2 is 2.33 bits per heavy atom. The molecule has 0 spiro atoms. The average molecular weight is 243 g/mol. The van der Waals surface area contributed by atoms with Gasteiger partial charge >= 0.3 is 0 Å². The van der Waals surface area contributed by atoms with Crippen molar-refractivity contribution in [3.63, 3.8) is 0 Å². The van der Waals surface area contributed by atoms with E-state index in [0.717, 1.165) is 11.3 Å². The number of ether oxygens (including phenoxy) is 1. The summed E-state index contributed by atoms with van der Waals surface area (Å²) in [6.45, 7) is 3.00. The molecule has 0 bridgehead atoms. The van der Waals surface area contributed by atoms with Gasteiger partial charge in [-0.05, 0) is 29.4 Å². The molecule has 4 nitrogen and oxygen atoms in total. The summed E-state index contributed by atoms with van der Waals surface area (Å²) in [6, 6.07) is 4.88. The first-order valence-corrected chi connectivity index (χ1v) is 6.23. The van der Waals surface area contributed by atoms with Crippen LogP contribution in [0.25, 0.3) is 5.57 Å². The van der Waals surface area contributed by atoms with Gasteiger partial charge in [0.25, 0.3) is 5.69 Å². The summed E-state index contributed by atoms with van der Waals surface area (Å²) in [7, 11) is 0. The van der Waals surface area contributed by atoms with Crippen LogP contribution >= 0.6 is 0 Å². The van der Waals surface area contributed by atoms with E-state index in [0.29, 0.717) is 23.9 Å². The van der Waals surface area contributed by atoms with Crippen LogP contribution in [0.1, 0.15) is 18.9 Å². The van der Waals surface area contributed by atoms with Crippen molar-refractivity contribution in [2.75, 3.05) is 6.61 Å². The number of nitrogens with zero attached hydrogens (tertiary/aromatic N) is 1. The molecular weight excluding hydrogens is 230 g/mol. The summed E-state index contributed by atoms with van der Waals surface area (Å²) in [5.74, 6) is 1.84. The minimum absolute atomic E-state index is 0.143. The summed E-state index contributed by atoms with van der Waals surface area (Å²) in [5, 5.41) is 10.9. The van der Waals surface area contributed by atoms with E-state index < -0.39 is 0 Å². The number of allylic oxidation sites excluding steroid dienone is 1. The lowest BCUT2D eigenvalue weighted by Crippen LogP contribution is -2.24. The molecule has 1 aliphatic heterocycles. The molecule has 0 aromatic heterocycles. The van der Waals surface area contributed by atoms with Crippen LogP contribution in [0.4, 0.5) is 5.69 Å². The second kappa shape index (κ2) is 2.94. The SMILES string of the molecule is C[C@]12C[C@H]1C=C1c3cc([N+](=O)[O-])ccc3OC[C@@H]12. The highest BCUT2D eigenvalue weighted by atomic mass is 16.6. The molecule has 18 heavy (non-hydrogen) atoms. The number of fused-ring (bicyclic) bond motifs is 5. The lowest BCUT2D eigenvalue weighted by atomic mass is 9.83. The third-order valence-corrected chi connectivity index (χ3v) is 4.79. The van der Waals surface area contributed by atoms with Crippen molar-refractivity contribution < 1.29 is 9.66 Å². The Balaban J connectivity index is 1.85. The maximum absolute atomic E-state index is 10.9. The van der Waals surface area contributed by atoms with Crippen molar-refractivity contribution in [2.24, 2.45) is 17.3 Å². The number of benzene rings is 1. The minimum Gasteiger partial charge on any atom is -0.492 e. The number of rotatable bonds is 1. The molecule has 1 aromatic rings. The van der Waals surface area contributed by atoms with Crippen LogP contribution in [0.15, 0.2) is 24.3 Å². The number of nitro benzene ring substituents is 1. The molecule has 3 atom stereocenters. The van der Waals surface area contributed by atoms with E-state index in [1.165, 1.54) is 18.1 Å². The smallest absolute Gasteiger partial charge is 0.270 e. The van der Waals surface area contributed by atoms with E-state index >= 15 is 0 Å². The van der Waals surface area contributed by atoms with Crippen LogP contribution < -0.4 is 4.74 Å². The lowest BCUT2D eigenvalue weighted by Gasteiger charge is -2.29. The van der Waals surface area contributed by atoms with Crippen LogP contribution in [-0.2, 0) is 0 Å². The summed E-state index contributed by atoms with van der Waals surface area (Å²) < 4.78 is 5.77.